The Morgan fingerprint density at radius 3 is 2.47 bits per heavy atom. The summed E-state index contributed by atoms with van der Waals surface area (Å²) >= 11 is 0. The van der Waals surface area contributed by atoms with Crippen molar-refractivity contribution in [2.45, 2.75) is 52.1 Å². The van der Waals surface area contributed by atoms with Crippen molar-refractivity contribution in [2.24, 2.45) is 11.8 Å². The molecular weight excluding hydrogens is 364 g/mol. The third-order valence-electron chi connectivity index (χ3n) is 7.81. The predicted octanol–water partition coefficient (Wildman–Crippen LogP) is 5.64. The van der Waals surface area contributed by atoms with Crippen LogP contribution in [0.4, 0.5) is 0 Å². The molecule has 0 spiro atoms. The van der Waals surface area contributed by atoms with Gasteiger partial charge < -0.3 is 4.90 Å². The van der Waals surface area contributed by atoms with Gasteiger partial charge in [0.25, 0.3) is 0 Å². The molecule has 2 heteroatoms. The van der Waals surface area contributed by atoms with Crippen LogP contribution in [0.25, 0.3) is 5.57 Å². The van der Waals surface area contributed by atoms with Crippen LogP contribution in [0.3, 0.4) is 0 Å². The first-order valence-corrected chi connectivity index (χ1v) is 12.0. The molecule has 0 amide bonds. The van der Waals surface area contributed by atoms with Crippen molar-refractivity contribution in [1.82, 2.24) is 9.80 Å². The Balaban J connectivity index is 1.23. The van der Waals surface area contributed by atoms with Crippen molar-refractivity contribution in [2.75, 3.05) is 26.2 Å². The summed E-state index contributed by atoms with van der Waals surface area (Å²) in [5.41, 5.74) is 7.68. The molecule has 0 bridgehead atoms. The van der Waals surface area contributed by atoms with Crippen LogP contribution in [0, 0.1) is 11.8 Å². The third kappa shape index (κ3) is 4.13. The maximum absolute atomic E-state index is 2.67. The van der Waals surface area contributed by atoms with Crippen LogP contribution >= 0.6 is 0 Å². The average Bonchev–Trinajstić information content (AvgIpc) is 3.41. The molecule has 5 rings (SSSR count). The van der Waals surface area contributed by atoms with E-state index in [2.05, 4.69) is 78.2 Å². The molecule has 2 saturated heterocycles. The summed E-state index contributed by atoms with van der Waals surface area (Å²) < 4.78 is 0. The van der Waals surface area contributed by atoms with E-state index in [9.17, 15) is 0 Å². The van der Waals surface area contributed by atoms with Crippen LogP contribution in [0.2, 0.25) is 0 Å². The first kappa shape index (κ1) is 20.0. The molecule has 3 unspecified atom stereocenters. The van der Waals surface area contributed by atoms with E-state index >= 15 is 0 Å². The first-order chi connectivity index (χ1) is 14.7. The minimum absolute atomic E-state index is 0.713. The molecule has 2 nitrogen and oxygen atoms in total. The summed E-state index contributed by atoms with van der Waals surface area (Å²) in [6.45, 7) is 10.8. The summed E-state index contributed by atoms with van der Waals surface area (Å²) in [5, 5.41) is 0. The highest BCUT2D eigenvalue weighted by Gasteiger charge is 2.40. The maximum Gasteiger partial charge on any atom is 0.0234 e. The maximum atomic E-state index is 2.67. The van der Waals surface area contributed by atoms with Gasteiger partial charge in [0.05, 0.1) is 0 Å². The standard InChI is InChI=1S/C28H36N2/c1-21-17-26-19-29(18-24-8-4-3-5-9-24)20-27(26)28(21)25-12-10-23(11-13-25)14-16-30-15-6-7-22(30)2/h3-5,8-13,22,26-27H,6-7,14-20H2,1-2H3. The Kier molecular flexibility index (Phi) is 5.80. The molecule has 2 aromatic rings. The van der Waals surface area contributed by atoms with Crippen LogP contribution in [0.15, 0.2) is 60.2 Å². The van der Waals surface area contributed by atoms with Gasteiger partial charge in [-0.3, -0.25) is 4.90 Å². The van der Waals surface area contributed by atoms with Crippen molar-refractivity contribution >= 4 is 5.57 Å². The van der Waals surface area contributed by atoms with Crippen LogP contribution < -0.4 is 0 Å². The Hall–Kier alpha value is -1.90. The van der Waals surface area contributed by atoms with E-state index in [-0.39, 0.29) is 0 Å². The number of fused-ring (bicyclic) bond motifs is 1. The summed E-state index contributed by atoms with van der Waals surface area (Å²) in [4.78, 5) is 5.32. The lowest BCUT2D eigenvalue weighted by atomic mass is 9.90. The molecule has 30 heavy (non-hydrogen) atoms. The number of hydrogen-bond donors (Lipinski definition) is 0. The Morgan fingerprint density at radius 1 is 0.933 bits per heavy atom. The predicted molar refractivity (Wildman–Crippen MR) is 126 cm³/mol. The third-order valence-corrected chi connectivity index (χ3v) is 7.81. The van der Waals surface area contributed by atoms with Gasteiger partial charge in [-0.15, -0.1) is 0 Å². The van der Waals surface area contributed by atoms with Gasteiger partial charge in [-0.1, -0.05) is 60.2 Å². The monoisotopic (exact) mass is 400 g/mol. The molecular formula is C28H36N2. The van der Waals surface area contributed by atoms with Crippen LogP contribution in [0.5, 0.6) is 0 Å². The number of allylic oxidation sites excluding steroid dienone is 1. The van der Waals surface area contributed by atoms with Gasteiger partial charge in [0, 0.05) is 38.1 Å². The zero-order valence-electron chi connectivity index (χ0n) is 18.7. The average molecular weight is 401 g/mol. The van der Waals surface area contributed by atoms with Crippen molar-refractivity contribution in [3.8, 4) is 0 Å². The molecule has 0 aromatic heterocycles. The quantitative estimate of drug-likeness (QED) is 0.619. The van der Waals surface area contributed by atoms with Gasteiger partial charge in [0.1, 0.15) is 0 Å². The SMILES string of the molecule is CC1=C(c2ccc(CCN3CCCC3C)cc2)C2CN(Cc3ccccc3)CC2C1. The minimum Gasteiger partial charge on any atom is -0.300 e. The molecule has 158 valence electrons. The van der Waals surface area contributed by atoms with E-state index < -0.39 is 0 Å². The second kappa shape index (κ2) is 8.69. The molecule has 2 heterocycles. The van der Waals surface area contributed by atoms with Gasteiger partial charge >= 0.3 is 0 Å². The van der Waals surface area contributed by atoms with E-state index in [1.54, 1.807) is 11.1 Å². The van der Waals surface area contributed by atoms with Crippen LogP contribution in [-0.2, 0) is 13.0 Å². The summed E-state index contributed by atoms with van der Waals surface area (Å²) in [6, 6.07) is 21.3. The number of rotatable bonds is 6. The second-order valence-corrected chi connectivity index (χ2v) is 9.92. The van der Waals surface area contributed by atoms with Gasteiger partial charge in [0.2, 0.25) is 0 Å². The minimum atomic E-state index is 0.713. The van der Waals surface area contributed by atoms with E-state index in [1.807, 2.05) is 0 Å². The van der Waals surface area contributed by atoms with E-state index in [0.717, 1.165) is 18.5 Å². The highest BCUT2D eigenvalue weighted by molar-refractivity contribution is 5.73. The number of likely N-dealkylation sites (tertiary alicyclic amines) is 2. The molecule has 2 aromatic carbocycles. The highest BCUT2D eigenvalue weighted by Crippen LogP contribution is 2.47. The van der Waals surface area contributed by atoms with E-state index in [0.29, 0.717) is 5.92 Å². The fraction of sp³-hybridized carbons (Fsp3) is 0.500. The number of nitrogens with zero attached hydrogens (tertiary/aromatic N) is 2. The van der Waals surface area contributed by atoms with Gasteiger partial charge in [0.15, 0.2) is 0 Å². The smallest absolute Gasteiger partial charge is 0.0234 e. The lowest BCUT2D eigenvalue weighted by Crippen LogP contribution is -2.28. The van der Waals surface area contributed by atoms with Crippen molar-refractivity contribution in [1.29, 1.82) is 0 Å². The molecule has 1 aliphatic carbocycles. The van der Waals surface area contributed by atoms with Crippen LogP contribution in [0.1, 0.15) is 49.8 Å². The summed E-state index contributed by atoms with van der Waals surface area (Å²) in [7, 11) is 0. The van der Waals surface area contributed by atoms with Crippen molar-refractivity contribution in [3.63, 3.8) is 0 Å². The fourth-order valence-electron chi connectivity index (χ4n) is 6.19. The Morgan fingerprint density at radius 2 is 1.73 bits per heavy atom. The number of benzene rings is 2. The van der Waals surface area contributed by atoms with Crippen LogP contribution in [-0.4, -0.2) is 42.0 Å². The normalized spacial score (nSPS) is 27.2. The molecule has 0 radical (unpaired) electrons. The summed E-state index contributed by atoms with van der Waals surface area (Å²) in [5.74, 6) is 1.52. The molecule has 0 saturated carbocycles. The number of hydrogen-bond acceptors (Lipinski definition) is 2. The zero-order chi connectivity index (χ0) is 20.5. The zero-order valence-corrected chi connectivity index (χ0v) is 18.7. The second-order valence-electron chi connectivity index (χ2n) is 9.92. The highest BCUT2D eigenvalue weighted by atomic mass is 15.2. The lowest BCUT2D eigenvalue weighted by Gasteiger charge is -2.21. The van der Waals surface area contributed by atoms with Crippen molar-refractivity contribution in [3.05, 3.63) is 76.9 Å². The Bertz CT molecular complexity index is 883. The lowest BCUT2D eigenvalue weighted by molar-refractivity contribution is 0.272. The molecule has 3 atom stereocenters. The summed E-state index contributed by atoms with van der Waals surface area (Å²) in [6.07, 6.45) is 5.20. The largest absolute Gasteiger partial charge is 0.300 e. The van der Waals surface area contributed by atoms with Gasteiger partial charge in [-0.05, 0) is 74.3 Å². The van der Waals surface area contributed by atoms with E-state index in [1.165, 1.54) is 68.6 Å². The fourth-order valence-corrected chi connectivity index (χ4v) is 6.19. The first-order valence-electron chi connectivity index (χ1n) is 12.0. The van der Waals surface area contributed by atoms with E-state index in [4.69, 9.17) is 0 Å². The molecule has 2 fully saturated rings. The molecule has 2 aliphatic heterocycles. The molecule has 3 aliphatic rings. The topological polar surface area (TPSA) is 6.48 Å². The van der Waals surface area contributed by atoms with Crippen molar-refractivity contribution < 1.29 is 0 Å². The Labute approximate surface area is 182 Å². The van der Waals surface area contributed by atoms with Gasteiger partial charge in [-0.25, -0.2) is 0 Å². The van der Waals surface area contributed by atoms with Gasteiger partial charge in [-0.2, -0.15) is 0 Å². The molecule has 0 N–H and O–H groups in total.